The van der Waals surface area contributed by atoms with Gasteiger partial charge in [0.05, 0.1) is 17.8 Å². The van der Waals surface area contributed by atoms with Crippen LogP contribution in [0.3, 0.4) is 0 Å². The molecule has 2 amide bonds. The Hall–Kier alpha value is -5.16. The molecule has 3 heterocycles. The maximum Gasteiger partial charge on any atom is 0.251 e. The highest BCUT2D eigenvalue weighted by Gasteiger charge is 2.44. The minimum absolute atomic E-state index is 0.00335. The average molecular weight is 647 g/mol. The van der Waals surface area contributed by atoms with E-state index in [1.165, 1.54) is 13.3 Å². The van der Waals surface area contributed by atoms with Crippen molar-refractivity contribution < 1.29 is 32.2 Å². The monoisotopic (exact) mass is 646 g/mol. The van der Waals surface area contributed by atoms with Crippen LogP contribution in [0.4, 0.5) is 13.2 Å². The standard InChI is InChI=1S/C34H26ClF3N4O4/c1-34(33(39)44)16-46-31-23(34)12-27(42-30(31)21-11-25(37)26(38)13-24(21)36)22(17-6-4-3-5-7-17)15-41-32(43)19-8-18-9-20(35)14-40-29(18)28(10-19)45-2/h3-14,22H,15-16H2,1-2H3,(H2,39,44)(H,41,43)/t22-,34-/m0/s1. The number of carbonyl (C=O) groups excluding carboxylic acids is 2. The van der Waals surface area contributed by atoms with Crippen molar-refractivity contribution in [2.24, 2.45) is 5.73 Å². The number of nitrogens with zero attached hydrogens (tertiary/aromatic N) is 2. The number of halogens is 4. The van der Waals surface area contributed by atoms with Gasteiger partial charge in [-0.25, -0.2) is 18.2 Å². The third kappa shape index (κ3) is 5.47. The first-order valence-electron chi connectivity index (χ1n) is 14.1. The third-order valence-electron chi connectivity index (χ3n) is 8.12. The number of methoxy groups -OCH3 is 1. The zero-order chi connectivity index (χ0) is 32.7. The molecule has 5 aromatic rings. The lowest BCUT2D eigenvalue weighted by Crippen LogP contribution is -2.40. The van der Waals surface area contributed by atoms with Crippen molar-refractivity contribution in [3.63, 3.8) is 0 Å². The van der Waals surface area contributed by atoms with Crippen molar-refractivity contribution in [3.8, 4) is 22.8 Å². The summed E-state index contributed by atoms with van der Waals surface area (Å²) in [7, 11) is 1.47. The molecule has 8 nitrogen and oxygen atoms in total. The van der Waals surface area contributed by atoms with Crippen molar-refractivity contribution in [3.05, 3.63) is 118 Å². The van der Waals surface area contributed by atoms with E-state index in [9.17, 15) is 18.4 Å². The lowest BCUT2D eigenvalue weighted by atomic mass is 9.81. The predicted molar refractivity (Wildman–Crippen MR) is 166 cm³/mol. The van der Waals surface area contributed by atoms with Gasteiger partial charge in [-0.3, -0.25) is 14.6 Å². The van der Waals surface area contributed by atoms with Crippen molar-refractivity contribution in [1.82, 2.24) is 15.3 Å². The van der Waals surface area contributed by atoms with E-state index in [1.54, 1.807) is 43.3 Å². The summed E-state index contributed by atoms with van der Waals surface area (Å²) >= 11 is 6.14. The predicted octanol–water partition coefficient (Wildman–Crippen LogP) is 6.07. The summed E-state index contributed by atoms with van der Waals surface area (Å²) in [6.45, 7) is 1.40. The van der Waals surface area contributed by atoms with E-state index in [2.05, 4.69) is 15.3 Å². The van der Waals surface area contributed by atoms with Gasteiger partial charge in [0.1, 0.15) is 40.5 Å². The second-order valence-electron chi connectivity index (χ2n) is 11.1. The lowest BCUT2D eigenvalue weighted by molar-refractivity contribution is -0.123. The van der Waals surface area contributed by atoms with E-state index in [0.29, 0.717) is 45.1 Å². The SMILES string of the molecule is COc1cc(C(=O)NC[C@@H](c2ccccc2)c2cc3c(c(-c4cc(F)c(F)cc4F)n2)OC[C@]3(C)C(N)=O)cc2cc(Cl)cnc12. The smallest absolute Gasteiger partial charge is 0.251 e. The summed E-state index contributed by atoms with van der Waals surface area (Å²) in [5.41, 5.74) is 6.08. The first kappa shape index (κ1) is 30.8. The lowest BCUT2D eigenvalue weighted by Gasteiger charge is -2.23. The number of carbonyl (C=O) groups is 2. The minimum atomic E-state index is -1.37. The molecule has 2 aromatic heterocycles. The molecule has 0 radical (unpaired) electrons. The van der Waals surface area contributed by atoms with Gasteiger partial charge >= 0.3 is 0 Å². The van der Waals surface area contributed by atoms with E-state index in [4.69, 9.17) is 26.8 Å². The van der Waals surface area contributed by atoms with E-state index in [-0.39, 0.29) is 35.7 Å². The van der Waals surface area contributed by atoms with Crippen LogP contribution in [-0.2, 0) is 10.2 Å². The summed E-state index contributed by atoms with van der Waals surface area (Å²) in [6, 6.07) is 16.6. The second kappa shape index (κ2) is 12.0. The Bertz CT molecular complexity index is 2030. The van der Waals surface area contributed by atoms with Gasteiger partial charge in [0.25, 0.3) is 5.91 Å². The molecular formula is C34H26ClF3N4O4. The number of amides is 2. The number of aromatic nitrogens is 2. The maximum atomic E-state index is 15.2. The van der Waals surface area contributed by atoms with Gasteiger partial charge in [0, 0.05) is 46.8 Å². The molecule has 12 heteroatoms. The van der Waals surface area contributed by atoms with Crippen LogP contribution in [0.2, 0.25) is 5.02 Å². The molecule has 0 fully saturated rings. The topological polar surface area (TPSA) is 116 Å². The Kier molecular flexibility index (Phi) is 8.03. The molecular weight excluding hydrogens is 621 g/mol. The quantitative estimate of drug-likeness (QED) is 0.198. The zero-order valence-corrected chi connectivity index (χ0v) is 25.3. The Morgan fingerprint density at radius 1 is 1.07 bits per heavy atom. The number of nitrogens with two attached hydrogens (primary N) is 1. The molecule has 0 saturated heterocycles. The Labute approximate surface area is 266 Å². The van der Waals surface area contributed by atoms with Gasteiger partial charge < -0.3 is 20.5 Å². The fourth-order valence-electron chi connectivity index (χ4n) is 5.52. The summed E-state index contributed by atoms with van der Waals surface area (Å²) in [5, 5.41) is 3.92. The van der Waals surface area contributed by atoms with Crippen LogP contribution in [0.5, 0.6) is 11.5 Å². The van der Waals surface area contributed by atoms with Crippen molar-refractivity contribution in [1.29, 1.82) is 0 Å². The summed E-state index contributed by atoms with van der Waals surface area (Å²) in [5.74, 6) is -5.13. The van der Waals surface area contributed by atoms with E-state index < -0.39 is 40.6 Å². The number of fused-ring (bicyclic) bond motifs is 2. The van der Waals surface area contributed by atoms with Gasteiger partial charge in [0.15, 0.2) is 11.6 Å². The van der Waals surface area contributed by atoms with Crippen molar-refractivity contribution >= 4 is 34.3 Å². The molecule has 0 unspecified atom stereocenters. The third-order valence-corrected chi connectivity index (χ3v) is 8.33. The van der Waals surface area contributed by atoms with Gasteiger partial charge in [-0.05, 0) is 42.8 Å². The number of primary amides is 1. The number of benzene rings is 3. The second-order valence-corrected chi connectivity index (χ2v) is 11.5. The number of nitrogens with one attached hydrogen (secondary N) is 1. The molecule has 0 aliphatic carbocycles. The van der Waals surface area contributed by atoms with Crippen molar-refractivity contribution in [2.45, 2.75) is 18.3 Å². The molecule has 1 aliphatic rings. The van der Waals surface area contributed by atoms with Gasteiger partial charge in [-0.1, -0.05) is 41.9 Å². The molecule has 2 atom stereocenters. The normalized spacial score (nSPS) is 16.0. The highest BCUT2D eigenvalue weighted by Crippen LogP contribution is 2.46. The van der Waals surface area contributed by atoms with Crippen LogP contribution in [0.15, 0.2) is 72.9 Å². The Morgan fingerprint density at radius 2 is 1.80 bits per heavy atom. The zero-order valence-electron chi connectivity index (χ0n) is 24.5. The molecule has 0 bridgehead atoms. The molecule has 3 aromatic carbocycles. The molecule has 46 heavy (non-hydrogen) atoms. The van der Waals surface area contributed by atoms with Gasteiger partial charge in [-0.2, -0.15) is 0 Å². The summed E-state index contributed by atoms with van der Waals surface area (Å²) in [4.78, 5) is 35.2. The van der Waals surface area contributed by atoms with Crippen LogP contribution in [0.25, 0.3) is 22.2 Å². The van der Waals surface area contributed by atoms with Crippen LogP contribution >= 0.6 is 11.6 Å². The first-order valence-corrected chi connectivity index (χ1v) is 14.5. The van der Waals surface area contributed by atoms with E-state index >= 15 is 4.39 Å². The molecule has 0 saturated carbocycles. The maximum absolute atomic E-state index is 15.2. The number of pyridine rings is 2. The largest absolute Gasteiger partial charge is 0.494 e. The number of hydrogen-bond acceptors (Lipinski definition) is 6. The highest BCUT2D eigenvalue weighted by molar-refractivity contribution is 6.31. The van der Waals surface area contributed by atoms with E-state index in [0.717, 1.165) is 5.56 Å². The number of hydrogen-bond donors (Lipinski definition) is 2. The molecule has 0 spiro atoms. The molecule has 1 aliphatic heterocycles. The highest BCUT2D eigenvalue weighted by atomic mass is 35.5. The fourth-order valence-corrected chi connectivity index (χ4v) is 5.69. The molecule has 3 N–H and O–H groups in total. The van der Waals surface area contributed by atoms with Gasteiger partial charge in [0.2, 0.25) is 5.91 Å². The first-order chi connectivity index (χ1) is 22.0. The number of rotatable bonds is 8. The van der Waals surface area contributed by atoms with Crippen molar-refractivity contribution in [2.75, 3.05) is 20.3 Å². The van der Waals surface area contributed by atoms with Crippen LogP contribution in [-0.4, -0.2) is 42.0 Å². The van der Waals surface area contributed by atoms with Gasteiger partial charge in [-0.15, -0.1) is 0 Å². The summed E-state index contributed by atoms with van der Waals surface area (Å²) < 4.78 is 54.7. The fraction of sp³-hybridized carbons (Fsp3) is 0.176. The Balaban J connectivity index is 1.46. The average Bonchev–Trinajstić information content (AvgIpc) is 3.40. The minimum Gasteiger partial charge on any atom is -0.494 e. The summed E-state index contributed by atoms with van der Waals surface area (Å²) in [6.07, 6.45) is 1.48. The number of ether oxygens (including phenoxy) is 2. The Morgan fingerprint density at radius 3 is 2.52 bits per heavy atom. The molecule has 6 rings (SSSR count). The van der Waals surface area contributed by atoms with Crippen LogP contribution < -0.4 is 20.5 Å². The van der Waals surface area contributed by atoms with Crippen LogP contribution in [0.1, 0.15) is 40.0 Å². The van der Waals surface area contributed by atoms with E-state index in [1.807, 2.05) is 18.2 Å². The molecule has 234 valence electrons. The van der Waals surface area contributed by atoms with Crippen LogP contribution in [0, 0.1) is 17.5 Å².